The standard InChI is InChI=1S/C12H18FNS/c1-3-9(2)15-8-11-6-4-5-10(7-14)12(11)13/h4-6,9H,3,7-8,14H2,1-2H3. The molecule has 1 rings (SSSR count). The SMILES string of the molecule is CCC(C)SCc1cccc(CN)c1F. The van der Waals surface area contributed by atoms with E-state index in [9.17, 15) is 4.39 Å². The molecule has 0 saturated carbocycles. The summed E-state index contributed by atoms with van der Waals surface area (Å²) < 4.78 is 13.7. The minimum atomic E-state index is -0.129. The van der Waals surface area contributed by atoms with Crippen LogP contribution in [0.5, 0.6) is 0 Å². The van der Waals surface area contributed by atoms with Crippen LogP contribution in [-0.2, 0) is 12.3 Å². The highest BCUT2D eigenvalue weighted by molar-refractivity contribution is 7.99. The molecule has 1 atom stereocenters. The van der Waals surface area contributed by atoms with Gasteiger partial charge in [-0.15, -0.1) is 0 Å². The van der Waals surface area contributed by atoms with E-state index in [-0.39, 0.29) is 12.4 Å². The molecule has 0 spiro atoms. The lowest BCUT2D eigenvalue weighted by atomic mass is 10.1. The van der Waals surface area contributed by atoms with Crippen molar-refractivity contribution in [2.45, 2.75) is 37.8 Å². The first-order valence-corrected chi connectivity index (χ1v) is 6.31. The van der Waals surface area contributed by atoms with E-state index in [1.54, 1.807) is 17.8 Å². The average Bonchev–Trinajstić information content (AvgIpc) is 2.27. The van der Waals surface area contributed by atoms with Gasteiger partial charge in [-0.1, -0.05) is 32.0 Å². The van der Waals surface area contributed by atoms with Gasteiger partial charge in [0.05, 0.1) is 0 Å². The predicted octanol–water partition coefficient (Wildman–Crippen LogP) is 3.32. The first-order valence-electron chi connectivity index (χ1n) is 5.27. The van der Waals surface area contributed by atoms with Crippen LogP contribution in [0.4, 0.5) is 4.39 Å². The minimum absolute atomic E-state index is 0.129. The third-order valence-electron chi connectivity index (χ3n) is 2.48. The summed E-state index contributed by atoms with van der Waals surface area (Å²) >= 11 is 1.78. The summed E-state index contributed by atoms with van der Waals surface area (Å²) in [7, 11) is 0. The Hall–Kier alpha value is -0.540. The van der Waals surface area contributed by atoms with Crippen molar-refractivity contribution < 1.29 is 4.39 Å². The highest BCUT2D eigenvalue weighted by atomic mass is 32.2. The van der Waals surface area contributed by atoms with Gasteiger partial charge in [0.15, 0.2) is 0 Å². The Bertz CT molecular complexity index is 314. The summed E-state index contributed by atoms with van der Waals surface area (Å²) in [6, 6.07) is 5.45. The zero-order valence-corrected chi connectivity index (χ0v) is 10.1. The number of benzene rings is 1. The molecule has 0 aliphatic carbocycles. The van der Waals surface area contributed by atoms with Crippen LogP contribution in [0.25, 0.3) is 0 Å². The maximum absolute atomic E-state index is 13.7. The summed E-state index contributed by atoms with van der Waals surface area (Å²) in [4.78, 5) is 0. The van der Waals surface area contributed by atoms with Gasteiger partial charge < -0.3 is 5.73 Å². The Balaban J connectivity index is 2.68. The van der Waals surface area contributed by atoms with Crippen molar-refractivity contribution in [2.75, 3.05) is 0 Å². The minimum Gasteiger partial charge on any atom is -0.326 e. The van der Waals surface area contributed by atoms with Gasteiger partial charge in [-0.25, -0.2) is 4.39 Å². The lowest BCUT2D eigenvalue weighted by Crippen LogP contribution is -2.03. The van der Waals surface area contributed by atoms with E-state index >= 15 is 0 Å². The maximum atomic E-state index is 13.7. The zero-order valence-electron chi connectivity index (χ0n) is 9.29. The molecule has 0 fully saturated rings. The van der Waals surface area contributed by atoms with E-state index in [0.29, 0.717) is 10.8 Å². The van der Waals surface area contributed by atoms with Gasteiger partial charge in [-0.05, 0) is 12.0 Å². The molecule has 3 heteroatoms. The molecule has 0 amide bonds. The maximum Gasteiger partial charge on any atom is 0.131 e. The van der Waals surface area contributed by atoms with E-state index in [1.165, 1.54) is 0 Å². The number of halogens is 1. The Morgan fingerprint density at radius 3 is 2.67 bits per heavy atom. The quantitative estimate of drug-likeness (QED) is 0.835. The zero-order chi connectivity index (χ0) is 11.3. The fraction of sp³-hybridized carbons (Fsp3) is 0.500. The molecule has 15 heavy (non-hydrogen) atoms. The van der Waals surface area contributed by atoms with Gasteiger partial charge in [-0.2, -0.15) is 11.8 Å². The highest BCUT2D eigenvalue weighted by Crippen LogP contribution is 2.22. The molecule has 2 N–H and O–H groups in total. The summed E-state index contributed by atoms with van der Waals surface area (Å²) in [5.74, 6) is 0.602. The lowest BCUT2D eigenvalue weighted by Gasteiger charge is -2.10. The molecule has 0 aliphatic heterocycles. The van der Waals surface area contributed by atoms with Crippen LogP contribution in [-0.4, -0.2) is 5.25 Å². The summed E-state index contributed by atoms with van der Waals surface area (Å²) in [5, 5.41) is 0.575. The first kappa shape index (κ1) is 12.5. The second-order valence-electron chi connectivity index (χ2n) is 3.62. The second-order valence-corrected chi connectivity index (χ2v) is 5.05. The molecule has 0 bridgehead atoms. The van der Waals surface area contributed by atoms with E-state index < -0.39 is 0 Å². The second kappa shape index (κ2) is 6.13. The summed E-state index contributed by atoms with van der Waals surface area (Å²) in [5.41, 5.74) is 6.83. The molecule has 0 aliphatic rings. The lowest BCUT2D eigenvalue weighted by molar-refractivity contribution is 0.600. The van der Waals surface area contributed by atoms with Crippen molar-refractivity contribution in [3.05, 3.63) is 35.1 Å². The van der Waals surface area contributed by atoms with Gasteiger partial charge in [0.25, 0.3) is 0 Å². The topological polar surface area (TPSA) is 26.0 Å². The van der Waals surface area contributed by atoms with Crippen LogP contribution in [0.15, 0.2) is 18.2 Å². The third-order valence-corrected chi connectivity index (χ3v) is 3.86. The van der Waals surface area contributed by atoms with Crippen LogP contribution in [0.3, 0.4) is 0 Å². The molecular formula is C12H18FNS. The molecule has 0 aromatic heterocycles. The van der Waals surface area contributed by atoms with Crippen LogP contribution < -0.4 is 5.73 Å². The highest BCUT2D eigenvalue weighted by Gasteiger charge is 2.08. The number of hydrogen-bond acceptors (Lipinski definition) is 2. The molecule has 84 valence electrons. The van der Waals surface area contributed by atoms with Crippen molar-refractivity contribution in [2.24, 2.45) is 5.73 Å². The normalized spacial score (nSPS) is 12.8. The number of rotatable bonds is 5. The molecule has 1 aromatic carbocycles. The molecule has 1 nitrogen and oxygen atoms in total. The van der Waals surface area contributed by atoms with Crippen LogP contribution >= 0.6 is 11.8 Å². The van der Waals surface area contributed by atoms with Gasteiger partial charge in [0, 0.05) is 23.1 Å². The molecule has 1 unspecified atom stereocenters. The Kier molecular flexibility index (Phi) is 5.12. The van der Waals surface area contributed by atoms with Crippen molar-refractivity contribution in [3.8, 4) is 0 Å². The number of hydrogen-bond donors (Lipinski definition) is 1. The summed E-state index contributed by atoms with van der Waals surface area (Å²) in [6.45, 7) is 4.58. The average molecular weight is 227 g/mol. The Labute approximate surface area is 95.2 Å². The van der Waals surface area contributed by atoms with E-state index in [1.807, 2.05) is 12.1 Å². The molecule has 0 radical (unpaired) electrons. The fourth-order valence-electron chi connectivity index (χ4n) is 1.25. The monoisotopic (exact) mass is 227 g/mol. The largest absolute Gasteiger partial charge is 0.326 e. The number of nitrogens with two attached hydrogens (primary N) is 1. The predicted molar refractivity (Wildman–Crippen MR) is 65.3 cm³/mol. The van der Waals surface area contributed by atoms with Crippen molar-refractivity contribution in [3.63, 3.8) is 0 Å². The van der Waals surface area contributed by atoms with Gasteiger partial charge in [-0.3, -0.25) is 0 Å². The number of thioether (sulfide) groups is 1. The summed E-state index contributed by atoms with van der Waals surface area (Å²) in [6.07, 6.45) is 1.11. The Morgan fingerprint density at radius 1 is 1.40 bits per heavy atom. The van der Waals surface area contributed by atoms with Gasteiger partial charge in [0.1, 0.15) is 5.82 Å². The van der Waals surface area contributed by atoms with Crippen LogP contribution in [0, 0.1) is 5.82 Å². The fourth-order valence-corrected chi connectivity index (χ4v) is 2.17. The van der Waals surface area contributed by atoms with Crippen LogP contribution in [0.2, 0.25) is 0 Å². The smallest absolute Gasteiger partial charge is 0.131 e. The third kappa shape index (κ3) is 3.50. The van der Waals surface area contributed by atoms with Crippen LogP contribution in [0.1, 0.15) is 31.4 Å². The van der Waals surface area contributed by atoms with Gasteiger partial charge >= 0.3 is 0 Å². The molecule has 0 saturated heterocycles. The van der Waals surface area contributed by atoms with E-state index in [4.69, 9.17) is 5.73 Å². The van der Waals surface area contributed by atoms with Crippen molar-refractivity contribution >= 4 is 11.8 Å². The Morgan fingerprint density at radius 2 is 2.07 bits per heavy atom. The molecule has 1 aromatic rings. The molecular weight excluding hydrogens is 209 g/mol. The molecule has 0 heterocycles. The van der Waals surface area contributed by atoms with Crippen molar-refractivity contribution in [1.29, 1.82) is 0 Å². The van der Waals surface area contributed by atoms with Crippen molar-refractivity contribution in [1.82, 2.24) is 0 Å². The first-order chi connectivity index (χ1) is 7.19. The van der Waals surface area contributed by atoms with Gasteiger partial charge in [0.2, 0.25) is 0 Å². The van der Waals surface area contributed by atoms with E-state index in [0.717, 1.165) is 17.7 Å². The van der Waals surface area contributed by atoms with E-state index in [2.05, 4.69) is 13.8 Å².